The Labute approximate surface area is 145 Å². The molecule has 1 aliphatic heterocycles. The first-order valence-electron chi connectivity index (χ1n) is 8.31. The zero-order chi connectivity index (χ0) is 18.9. The van der Waals surface area contributed by atoms with Gasteiger partial charge in [0.25, 0.3) is 0 Å². The van der Waals surface area contributed by atoms with E-state index >= 15 is 0 Å². The molecular formula is C18H24F3NO3. The normalized spacial score (nSPS) is 21.6. The summed E-state index contributed by atoms with van der Waals surface area (Å²) in [6.45, 7) is 5.07. The second-order valence-corrected chi connectivity index (χ2v) is 7.32. The lowest BCUT2D eigenvalue weighted by atomic mass is 9.80. The quantitative estimate of drug-likeness (QED) is 0.860. The van der Waals surface area contributed by atoms with Crippen LogP contribution in [0.4, 0.5) is 18.0 Å². The summed E-state index contributed by atoms with van der Waals surface area (Å²) in [5.74, 6) is 0. The third-order valence-electron chi connectivity index (χ3n) is 4.26. The monoisotopic (exact) mass is 359 g/mol. The molecule has 0 saturated carbocycles. The molecule has 0 spiro atoms. The van der Waals surface area contributed by atoms with Crippen LogP contribution in [0.3, 0.4) is 0 Å². The Balaban J connectivity index is 2.45. The van der Waals surface area contributed by atoms with E-state index in [1.807, 2.05) is 0 Å². The summed E-state index contributed by atoms with van der Waals surface area (Å²) >= 11 is 0. The summed E-state index contributed by atoms with van der Waals surface area (Å²) in [7, 11) is 0. The van der Waals surface area contributed by atoms with Gasteiger partial charge < -0.3 is 14.7 Å². The number of halogens is 3. The molecule has 1 aromatic rings. The van der Waals surface area contributed by atoms with Crippen molar-refractivity contribution < 1.29 is 27.8 Å². The number of nitrogens with zero attached hydrogens (tertiary/aromatic N) is 1. The molecule has 1 amide bonds. The van der Waals surface area contributed by atoms with Gasteiger partial charge >= 0.3 is 12.3 Å². The second-order valence-electron chi connectivity index (χ2n) is 7.32. The molecule has 7 heteroatoms. The molecule has 1 aromatic carbocycles. The Bertz CT molecular complexity index is 598. The molecule has 0 bridgehead atoms. The number of rotatable bonds is 2. The number of benzene rings is 1. The van der Waals surface area contributed by atoms with Crippen LogP contribution in [0.1, 0.15) is 45.6 Å². The van der Waals surface area contributed by atoms with Crippen LogP contribution in [-0.4, -0.2) is 40.5 Å². The van der Waals surface area contributed by atoms with Gasteiger partial charge in [0, 0.05) is 6.54 Å². The van der Waals surface area contributed by atoms with Gasteiger partial charge in [0.1, 0.15) is 5.60 Å². The SMILES string of the molecule is CC(C)(C)OC(=O)N1CCCC[C@@H]1[C@@](O)(c1ccccc1)C(F)(F)F. The number of ether oxygens (including phenoxy) is 1. The number of piperidine rings is 1. The van der Waals surface area contributed by atoms with Gasteiger partial charge in [0.05, 0.1) is 6.04 Å². The molecule has 0 aromatic heterocycles. The molecule has 1 N–H and O–H groups in total. The minimum Gasteiger partial charge on any atom is -0.444 e. The van der Waals surface area contributed by atoms with E-state index < -0.39 is 29.5 Å². The first-order chi connectivity index (χ1) is 11.5. The number of amides is 1. The minimum atomic E-state index is -4.93. The molecule has 2 rings (SSSR count). The van der Waals surface area contributed by atoms with E-state index in [2.05, 4.69) is 0 Å². The van der Waals surface area contributed by atoms with Crippen LogP contribution < -0.4 is 0 Å². The Kier molecular flexibility index (Phi) is 5.37. The third-order valence-corrected chi connectivity index (χ3v) is 4.26. The molecule has 4 nitrogen and oxygen atoms in total. The number of hydrogen-bond acceptors (Lipinski definition) is 3. The van der Waals surface area contributed by atoms with Crippen molar-refractivity contribution in [2.24, 2.45) is 0 Å². The molecule has 140 valence electrons. The van der Waals surface area contributed by atoms with Crippen LogP contribution in [0, 0.1) is 0 Å². The van der Waals surface area contributed by atoms with Crippen LogP contribution >= 0.6 is 0 Å². The highest BCUT2D eigenvalue weighted by molar-refractivity contribution is 5.69. The Morgan fingerprint density at radius 1 is 1.16 bits per heavy atom. The van der Waals surface area contributed by atoms with Crippen molar-refractivity contribution in [3.05, 3.63) is 35.9 Å². The predicted octanol–water partition coefficient (Wildman–Crippen LogP) is 4.23. The summed E-state index contributed by atoms with van der Waals surface area (Å²) in [5, 5.41) is 10.8. The van der Waals surface area contributed by atoms with Crippen LogP contribution in [0.25, 0.3) is 0 Å². The molecule has 1 aliphatic rings. The van der Waals surface area contributed by atoms with Crippen molar-refractivity contribution in [3.63, 3.8) is 0 Å². The maximum atomic E-state index is 13.9. The van der Waals surface area contributed by atoms with Crippen molar-refractivity contribution in [1.29, 1.82) is 0 Å². The molecule has 25 heavy (non-hydrogen) atoms. The van der Waals surface area contributed by atoms with Crippen molar-refractivity contribution in [3.8, 4) is 0 Å². The average Bonchev–Trinajstić information content (AvgIpc) is 2.52. The lowest BCUT2D eigenvalue weighted by molar-refractivity contribution is -0.289. The highest BCUT2D eigenvalue weighted by atomic mass is 19.4. The summed E-state index contributed by atoms with van der Waals surface area (Å²) < 4.78 is 47.0. The Morgan fingerprint density at radius 3 is 2.28 bits per heavy atom. The van der Waals surface area contributed by atoms with Gasteiger partial charge in [0.2, 0.25) is 5.60 Å². The molecule has 0 radical (unpaired) electrons. The summed E-state index contributed by atoms with van der Waals surface area (Å²) in [5.41, 5.74) is -4.25. The van der Waals surface area contributed by atoms with E-state index in [1.165, 1.54) is 24.3 Å². The van der Waals surface area contributed by atoms with Crippen molar-refractivity contribution in [2.75, 3.05) is 6.54 Å². The van der Waals surface area contributed by atoms with Crippen LogP contribution in [0.15, 0.2) is 30.3 Å². The molecule has 1 fully saturated rings. The molecule has 1 heterocycles. The van der Waals surface area contributed by atoms with E-state index in [9.17, 15) is 23.1 Å². The van der Waals surface area contributed by atoms with Crippen molar-refractivity contribution >= 4 is 6.09 Å². The number of alkyl halides is 3. The molecule has 0 unspecified atom stereocenters. The minimum absolute atomic E-state index is 0.0458. The molecular weight excluding hydrogens is 335 g/mol. The Morgan fingerprint density at radius 2 is 1.76 bits per heavy atom. The fourth-order valence-corrected chi connectivity index (χ4v) is 3.14. The number of carbonyl (C=O) groups excluding carboxylic acids is 1. The van der Waals surface area contributed by atoms with Crippen LogP contribution in [0.2, 0.25) is 0 Å². The van der Waals surface area contributed by atoms with Gasteiger partial charge in [0.15, 0.2) is 0 Å². The lowest BCUT2D eigenvalue weighted by Crippen LogP contribution is -2.61. The van der Waals surface area contributed by atoms with Gasteiger partial charge in [-0.05, 0) is 45.6 Å². The van der Waals surface area contributed by atoms with Crippen molar-refractivity contribution in [2.45, 2.75) is 63.5 Å². The van der Waals surface area contributed by atoms with E-state index in [0.29, 0.717) is 12.8 Å². The molecule has 2 atom stereocenters. The Hall–Kier alpha value is -1.76. The summed E-state index contributed by atoms with van der Waals surface area (Å²) in [6.07, 6.45) is -4.66. The fraction of sp³-hybridized carbons (Fsp3) is 0.611. The van der Waals surface area contributed by atoms with Gasteiger partial charge in [-0.15, -0.1) is 0 Å². The first kappa shape index (κ1) is 19.6. The van der Waals surface area contributed by atoms with Gasteiger partial charge in [-0.3, -0.25) is 0 Å². The first-order valence-corrected chi connectivity index (χ1v) is 8.31. The highest BCUT2D eigenvalue weighted by Gasteiger charge is 2.62. The maximum absolute atomic E-state index is 13.9. The second kappa shape index (κ2) is 6.86. The smallest absolute Gasteiger partial charge is 0.423 e. The number of hydrogen-bond donors (Lipinski definition) is 1. The van der Waals surface area contributed by atoms with Crippen LogP contribution in [-0.2, 0) is 10.3 Å². The third kappa shape index (κ3) is 4.08. The lowest BCUT2D eigenvalue weighted by Gasteiger charge is -2.46. The largest absolute Gasteiger partial charge is 0.444 e. The summed E-state index contributed by atoms with van der Waals surface area (Å²) in [4.78, 5) is 13.5. The topological polar surface area (TPSA) is 49.8 Å². The van der Waals surface area contributed by atoms with E-state index in [-0.39, 0.29) is 18.5 Å². The van der Waals surface area contributed by atoms with Crippen molar-refractivity contribution in [1.82, 2.24) is 4.90 Å². The number of likely N-dealkylation sites (tertiary alicyclic amines) is 1. The fourth-order valence-electron chi connectivity index (χ4n) is 3.14. The summed E-state index contributed by atoms with van der Waals surface area (Å²) in [6, 6.07) is 5.48. The van der Waals surface area contributed by atoms with E-state index in [1.54, 1.807) is 26.8 Å². The average molecular weight is 359 g/mol. The zero-order valence-corrected chi connectivity index (χ0v) is 14.6. The van der Waals surface area contributed by atoms with Gasteiger partial charge in [-0.2, -0.15) is 13.2 Å². The predicted molar refractivity (Wildman–Crippen MR) is 87.0 cm³/mol. The standard InChI is InChI=1S/C18H24F3NO3/c1-16(2,3)25-15(23)22-12-8-7-11-14(22)17(24,18(19,20)21)13-9-5-4-6-10-13/h4-6,9-10,14,24H,7-8,11-12H2,1-3H3/t14-,17+/m1/s1. The number of aliphatic hydroxyl groups is 1. The van der Waals surface area contributed by atoms with Gasteiger partial charge in [-0.1, -0.05) is 30.3 Å². The maximum Gasteiger partial charge on any atom is 0.423 e. The van der Waals surface area contributed by atoms with E-state index in [4.69, 9.17) is 4.74 Å². The zero-order valence-electron chi connectivity index (χ0n) is 14.6. The van der Waals surface area contributed by atoms with Crippen LogP contribution in [0.5, 0.6) is 0 Å². The molecule has 1 saturated heterocycles. The molecule has 0 aliphatic carbocycles. The van der Waals surface area contributed by atoms with E-state index in [0.717, 1.165) is 4.90 Å². The number of carbonyl (C=O) groups is 1. The van der Waals surface area contributed by atoms with Gasteiger partial charge in [-0.25, -0.2) is 4.79 Å². The highest BCUT2D eigenvalue weighted by Crippen LogP contribution is 2.46.